The maximum absolute atomic E-state index is 13.1. The molecule has 0 aliphatic carbocycles. The molecule has 1 atom stereocenters. The van der Waals surface area contributed by atoms with Gasteiger partial charge in [0.15, 0.2) is 5.82 Å². The van der Waals surface area contributed by atoms with Crippen LogP contribution in [0.1, 0.15) is 17.3 Å². The van der Waals surface area contributed by atoms with Gasteiger partial charge >= 0.3 is 5.97 Å². The highest BCUT2D eigenvalue weighted by atomic mass is 32.2. The number of halogens is 1. The van der Waals surface area contributed by atoms with Gasteiger partial charge in [-0.15, -0.1) is 10.2 Å². The Morgan fingerprint density at radius 3 is 2.65 bits per heavy atom. The molecular formula is C15H14FN3O3S. The highest BCUT2D eigenvalue weighted by molar-refractivity contribution is 8.00. The van der Waals surface area contributed by atoms with Gasteiger partial charge in [0, 0.05) is 5.56 Å². The van der Waals surface area contributed by atoms with Crippen molar-refractivity contribution >= 4 is 29.5 Å². The molecule has 0 saturated carbocycles. The van der Waals surface area contributed by atoms with Crippen molar-refractivity contribution in [3.05, 3.63) is 47.8 Å². The molecule has 1 heterocycles. The van der Waals surface area contributed by atoms with Crippen molar-refractivity contribution in [1.82, 2.24) is 10.2 Å². The predicted molar refractivity (Wildman–Crippen MR) is 83.7 cm³/mol. The number of nitrogens with one attached hydrogen (secondary N) is 1. The number of thioether (sulfide) groups is 1. The number of amides is 1. The molecule has 2 aromatic rings. The first-order valence-corrected chi connectivity index (χ1v) is 7.52. The summed E-state index contributed by atoms with van der Waals surface area (Å²) in [7, 11) is 1.32. The molecule has 0 fully saturated rings. The molecule has 0 bridgehead atoms. The highest BCUT2D eigenvalue weighted by Crippen LogP contribution is 2.21. The Balaban J connectivity index is 2.00. The summed E-state index contributed by atoms with van der Waals surface area (Å²) in [5, 5.41) is 10.4. The van der Waals surface area contributed by atoms with Crippen LogP contribution in [-0.2, 0) is 9.53 Å². The number of hydrogen-bond acceptors (Lipinski definition) is 6. The number of nitrogens with zero attached hydrogens (tertiary/aromatic N) is 2. The van der Waals surface area contributed by atoms with Crippen LogP contribution in [0.3, 0.4) is 0 Å². The predicted octanol–water partition coefficient (Wildman–Crippen LogP) is 2.52. The standard InChI is InChI=1S/C15H14FN3O3S/c1-9(15(21)22-2)23-13-7-6-12(18-19-13)17-14(20)10-4-3-5-11(16)8-10/h3-9H,1-2H3,(H,17,18,20)/t9-/m1/s1. The minimum absolute atomic E-state index is 0.185. The van der Waals surface area contributed by atoms with Crippen LogP contribution in [0.4, 0.5) is 10.2 Å². The Kier molecular flexibility index (Phi) is 5.64. The molecule has 0 aliphatic heterocycles. The number of carbonyl (C=O) groups excluding carboxylic acids is 2. The Morgan fingerprint density at radius 2 is 2.04 bits per heavy atom. The Hall–Kier alpha value is -2.48. The van der Waals surface area contributed by atoms with Gasteiger partial charge in [0.25, 0.3) is 5.91 Å². The van der Waals surface area contributed by atoms with Crippen molar-refractivity contribution in [2.75, 3.05) is 12.4 Å². The fourth-order valence-corrected chi connectivity index (χ4v) is 2.45. The number of rotatable bonds is 5. The third kappa shape index (κ3) is 4.75. The lowest BCUT2D eigenvalue weighted by Crippen LogP contribution is -2.15. The molecule has 0 aliphatic rings. The summed E-state index contributed by atoms with van der Waals surface area (Å²) in [6, 6.07) is 8.50. The van der Waals surface area contributed by atoms with E-state index in [1.807, 2.05) is 0 Å². The van der Waals surface area contributed by atoms with Crippen LogP contribution in [0.25, 0.3) is 0 Å². The molecule has 0 radical (unpaired) electrons. The molecule has 1 aromatic heterocycles. The number of ether oxygens (including phenoxy) is 1. The Morgan fingerprint density at radius 1 is 1.26 bits per heavy atom. The van der Waals surface area contributed by atoms with E-state index in [9.17, 15) is 14.0 Å². The molecule has 6 nitrogen and oxygen atoms in total. The molecule has 23 heavy (non-hydrogen) atoms. The monoisotopic (exact) mass is 335 g/mol. The second kappa shape index (κ2) is 7.68. The number of methoxy groups -OCH3 is 1. The van der Waals surface area contributed by atoms with Gasteiger partial charge < -0.3 is 10.1 Å². The molecule has 1 amide bonds. The summed E-state index contributed by atoms with van der Waals surface area (Å²) in [5.41, 5.74) is 0.185. The average Bonchev–Trinajstić information content (AvgIpc) is 2.55. The topological polar surface area (TPSA) is 81.2 Å². The molecule has 0 unspecified atom stereocenters. The average molecular weight is 335 g/mol. The number of esters is 1. The molecule has 1 N–H and O–H groups in total. The van der Waals surface area contributed by atoms with Crippen LogP contribution in [0, 0.1) is 5.82 Å². The van der Waals surface area contributed by atoms with Crippen molar-refractivity contribution in [2.24, 2.45) is 0 Å². The summed E-state index contributed by atoms with van der Waals surface area (Å²) >= 11 is 1.19. The SMILES string of the molecule is COC(=O)[C@@H](C)Sc1ccc(NC(=O)c2cccc(F)c2)nn1. The zero-order valence-electron chi connectivity index (χ0n) is 12.4. The maximum Gasteiger partial charge on any atom is 0.318 e. The Labute approximate surface area is 136 Å². The number of benzene rings is 1. The molecule has 120 valence electrons. The lowest BCUT2D eigenvalue weighted by atomic mass is 10.2. The number of hydrogen-bond donors (Lipinski definition) is 1. The zero-order valence-corrected chi connectivity index (χ0v) is 13.3. The van der Waals surface area contributed by atoms with Gasteiger partial charge in [0.2, 0.25) is 0 Å². The smallest absolute Gasteiger partial charge is 0.318 e. The molecule has 0 saturated heterocycles. The van der Waals surface area contributed by atoms with Crippen LogP contribution in [-0.4, -0.2) is 34.4 Å². The van der Waals surface area contributed by atoms with Crippen molar-refractivity contribution < 1.29 is 18.7 Å². The normalized spacial score (nSPS) is 11.6. The van der Waals surface area contributed by atoms with Crippen molar-refractivity contribution in [1.29, 1.82) is 0 Å². The van der Waals surface area contributed by atoms with Crippen molar-refractivity contribution in [3.63, 3.8) is 0 Å². The third-order valence-corrected chi connectivity index (χ3v) is 3.80. The van der Waals surface area contributed by atoms with E-state index in [0.717, 1.165) is 6.07 Å². The van der Waals surface area contributed by atoms with Gasteiger partial charge in [-0.3, -0.25) is 9.59 Å². The van der Waals surface area contributed by atoms with Crippen LogP contribution in [0.5, 0.6) is 0 Å². The second-order valence-electron chi connectivity index (χ2n) is 4.50. The minimum Gasteiger partial charge on any atom is -0.468 e. The minimum atomic E-state index is -0.493. The van der Waals surface area contributed by atoms with Gasteiger partial charge in [0.05, 0.1) is 7.11 Å². The largest absolute Gasteiger partial charge is 0.468 e. The van der Waals surface area contributed by atoms with E-state index in [1.54, 1.807) is 19.1 Å². The molecule has 8 heteroatoms. The summed E-state index contributed by atoms with van der Waals surface area (Å²) in [6.45, 7) is 1.69. The summed E-state index contributed by atoms with van der Waals surface area (Å²) in [4.78, 5) is 23.3. The summed E-state index contributed by atoms with van der Waals surface area (Å²) in [5.74, 6) is -1.11. The van der Waals surface area contributed by atoms with Crippen LogP contribution in [0.15, 0.2) is 41.4 Å². The first-order chi connectivity index (χ1) is 11.0. The third-order valence-electron chi connectivity index (χ3n) is 2.80. The molecular weight excluding hydrogens is 321 g/mol. The van der Waals surface area contributed by atoms with Crippen molar-refractivity contribution in [2.45, 2.75) is 17.2 Å². The number of aromatic nitrogens is 2. The van der Waals surface area contributed by atoms with E-state index in [4.69, 9.17) is 0 Å². The van der Waals surface area contributed by atoms with Crippen LogP contribution in [0.2, 0.25) is 0 Å². The lowest BCUT2D eigenvalue weighted by Gasteiger charge is -2.08. The van der Waals surface area contributed by atoms with Gasteiger partial charge in [0.1, 0.15) is 16.1 Å². The van der Waals surface area contributed by atoms with Gasteiger partial charge in [-0.1, -0.05) is 17.8 Å². The fourth-order valence-electron chi connectivity index (χ4n) is 1.66. The molecule has 1 aromatic carbocycles. The molecule has 0 spiro atoms. The fraction of sp³-hybridized carbons (Fsp3) is 0.200. The second-order valence-corrected chi connectivity index (χ2v) is 5.87. The van der Waals surface area contributed by atoms with Gasteiger partial charge in [-0.2, -0.15) is 0 Å². The van der Waals surface area contributed by atoms with E-state index >= 15 is 0 Å². The number of carbonyl (C=O) groups is 2. The van der Waals surface area contributed by atoms with E-state index in [2.05, 4.69) is 20.3 Å². The highest BCUT2D eigenvalue weighted by Gasteiger charge is 2.15. The van der Waals surface area contributed by atoms with Gasteiger partial charge in [-0.25, -0.2) is 4.39 Å². The van der Waals surface area contributed by atoms with E-state index in [-0.39, 0.29) is 17.4 Å². The van der Waals surface area contributed by atoms with E-state index in [0.29, 0.717) is 5.03 Å². The first-order valence-electron chi connectivity index (χ1n) is 6.64. The maximum atomic E-state index is 13.1. The molecule has 2 rings (SSSR count). The summed E-state index contributed by atoms with van der Waals surface area (Å²) < 4.78 is 17.7. The van der Waals surface area contributed by atoms with Crippen LogP contribution >= 0.6 is 11.8 Å². The van der Waals surface area contributed by atoms with E-state index in [1.165, 1.54) is 37.1 Å². The zero-order chi connectivity index (χ0) is 16.8. The van der Waals surface area contributed by atoms with Crippen molar-refractivity contribution in [3.8, 4) is 0 Å². The lowest BCUT2D eigenvalue weighted by molar-refractivity contribution is -0.139. The van der Waals surface area contributed by atoms with Gasteiger partial charge in [-0.05, 0) is 37.3 Å². The Bertz CT molecular complexity index is 709. The number of anilines is 1. The van der Waals surface area contributed by atoms with E-state index < -0.39 is 17.0 Å². The first kappa shape index (κ1) is 16.9. The summed E-state index contributed by atoms with van der Waals surface area (Å²) in [6.07, 6.45) is 0. The van der Waals surface area contributed by atoms with Crippen LogP contribution < -0.4 is 5.32 Å². The quantitative estimate of drug-likeness (QED) is 0.668.